The van der Waals surface area contributed by atoms with Crippen molar-refractivity contribution in [2.75, 3.05) is 79.5 Å². The zero-order valence-electron chi connectivity index (χ0n) is 40.3. The van der Waals surface area contributed by atoms with Crippen molar-refractivity contribution in [1.29, 1.82) is 0 Å². The summed E-state index contributed by atoms with van der Waals surface area (Å²) in [4.78, 5) is 0. The molecule has 0 amide bonds. The normalized spacial score (nSPS) is 12.4. The van der Waals surface area contributed by atoms with Gasteiger partial charge in [0, 0.05) is 54.9 Å². The Morgan fingerprint density at radius 3 is 1.22 bits per heavy atom. The van der Waals surface area contributed by atoms with Crippen LogP contribution in [0.5, 0.6) is 0 Å². The molecule has 0 radical (unpaired) electrons. The first-order valence-electron chi connectivity index (χ1n) is 24.6. The average Bonchev–Trinajstić information content (AvgIpc) is 3.21. The van der Waals surface area contributed by atoms with E-state index in [0.29, 0.717) is 5.16 Å². The third-order valence-electron chi connectivity index (χ3n) is 11.6. The van der Waals surface area contributed by atoms with Gasteiger partial charge < -0.3 is 18.9 Å². The minimum absolute atomic E-state index is 0.0942. The monoisotopic (exact) mass is 903 g/mol. The number of hydrogen-bond acceptors (Lipinski definition) is 5. The fourth-order valence-electron chi connectivity index (χ4n) is 8.35. The Morgan fingerprint density at radius 2 is 0.793 bits per heavy atom. The van der Waals surface area contributed by atoms with Gasteiger partial charge in [0.15, 0.2) is 0 Å². The van der Waals surface area contributed by atoms with E-state index < -0.39 is 18.6 Å². The molecular weight excluding hydrogens is 798 g/mol. The second kappa shape index (κ2) is 54.3. The van der Waals surface area contributed by atoms with Crippen molar-refractivity contribution in [3.8, 4) is 0 Å². The maximum absolute atomic E-state index is 8.81. The molecule has 0 bridgehead atoms. The molecule has 0 fully saturated rings. The fourth-order valence-corrected chi connectivity index (χ4v) is 13.6. The van der Waals surface area contributed by atoms with E-state index in [4.69, 9.17) is 29.6 Å². The molecular formula is C48H104O7P2Ti. The summed E-state index contributed by atoms with van der Waals surface area (Å²) < 4.78 is 45.6. The van der Waals surface area contributed by atoms with Crippen molar-refractivity contribution in [3.05, 3.63) is 0 Å². The van der Waals surface area contributed by atoms with Crippen LogP contribution in [0.15, 0.2) is 0 Å². The summed E-state index contributed by atoms with van der Waals surface area (Å²) in [5, 5.41) is 0.420. The van der Waals surface area contributed by atoms with Crippen molar-refractivity contribution in [1.82, 2.24) is 0 Å². The van der Waals surface area contributed by atoms with Crippen LogP contribution in [-0.2, 0) is 40.9 Å². The molecule has 0 aliphatic heterocycles. The second-order valence-corrected chi connectivity index (χ2v) is 21.9. The maximum atomic E-state index is 8.81. The summed E-state index contributed by atoms with van der Waals surface area (Å²) in [7, 11) is 8.62. The summed E-state index contributed by atoms with van der Waals surface area (Å²) >= 11 is -3.58. The Balaban J connectivity index is -0.00000119. The van der Waals surface area contributed by atoms with Gasteiger partial charge in [-0.05, 0) is 106 Å². The van der Waals surface area contributed by atoms with E-state index in [1.54, 1.807) is 0 Å². The molecule has 0 aliphatic carbocycles. The van der Waals surface area contributed by atoms with Gasteiger partial charge >= 0.3 is 29.3 Å². The number of ether oxygens (including phenoxy) is 4. The van der Waals surface area contributed by atoms with E-state index in [1.807, 2.05) is 28.4 Å². The van der Waals surface area contributed by atoms with Crippen LogP contribution >= 0.6 is 16.5 Å². The number of methoxy groups -OCH3 is 4. The predicted molar refractivity (Wildman–Crippen MR) is 255 cm³/mol. The molecule has 2 unspecified atom stereocenters. The van der Waals surface area contributed by atoms with Crippen LogP contribution in [0.25, 0.3) is 0 Å². The van der Waals surface area contributed by atoms with Crippen LogP contribution in [-0.4, -0.2) is 92.0 Å². The first-order chi connectivity index (χ1) is 28.3. The van der Waals surface area contributed by atoms with Gasteiger partial charge in [-0.1, -0.05) is 158 Å². The van der Waals surface area contributed by atoms with Crippen molar-refractivity contribution >= 4 is 16.5 Å². The first kappa shape index (κ1) is 63.4. The van der Waals surface area contributed by atoms with E-state index >= 15 is 0 Å². The Morgan fingerprint density at radius 1 is 0.466 bits per heavy atom. The van der Waals surface area contributed by atoms with E-state index in [0.717, 1.165) is 32.3 Å². The standard InChI is InChI=1S/C32H67O4P.C16H35P.2H2O.O.Ti/c1-7-9-11-13-14-16-29-37(30-20-28-36-6)32(23-18-26-34-4,24-19-27-35-5)31(22-17-25-33-3)21-15-12-10-8-2;1-3-5-7-9-11-13-15-17-16-14-12-10-8-6-4-2;;;;/h31H,7-30H2,1-6H3;17H,3-16H2,1-2H3;2*1H2;;/q;;;;;+2/p-2. The summed E-state index contributed by atoms with van der Waals surface area (Å²) in [5.74, 6) is 0.780. The molecule has 2 N–H and O–H groups in total. The third-order valence-corrected chi connectivity index (χ3v) is 16.8. The molecule has 7 nitrogen and oxygen atoms in total. The van der Waals surface area contributed by atoms with Crippen LogP contribution < -0.4 is 0 Å². The van der Waals surface area contributed by atoms with Crippen molar-refractivity contribution < 1.29 is 48.3 Å². The Hall–Kier alpha value is 1.13. The van der Waals surface area contributed by atoms with Gasteiger partial charge in [-0.3, -0.25) is 0 Å². The third kappa shape index (κ3) is 45.2. The zero-order chi connectivity index (χ0) is 43.6. The summed E-state index contributed by atoms with van der Waals surface area (Å²) in [6.07, 6.45) is 47.1. The minimum atomic E-state index is -3.58. The topological polar surface area (TPSA) is 94.5 Å². The van der Waals surface area contributed by atoms with E-state index in [9.17, 15) is 0 Å². The second-order valence-electron chi connectivity index (χ2n) is 16.6. The van der Waals surface area contributed by atoms with Crippen LogP contribution in [0.1, 0.15) is 220 Å². The molecule has 0 aliphatic rings. The van der Waals surface area contributed by atoms with Gasteiger partial charge in [0.1, 0.15) is 0 Å². The zero-order valence-corrected chi connectivity index (χ0v) is 43.8. The van der Waals surface area contributed by atoms with Gasteiger partial charge in [0.25, 0.3) is 0 Å². The molecule has 2 atom stereocenters. The van der Waals surface area contributed by atoms with Crippen LogP contribution in [0.4, 0.5) is 0 Å². The predicted octanol–water partition coefficient (Wildman–Crippen LogP) is 14.6. The number of rotatable bonds is 44. The average molecular weight is 903 g/mol. The molecule has 0 aromatic heterocycles. The summed E-state index contributed by atoms with van der Waals surface area (Å²) in [5.41, 5.74) is 0. The summed E-state index contributed by atoms with van der Waals surface area (Å²) in [6.45, 7) is 12.8. The van der Waals surface area contributed by atoms with Crippen LogP contribution in [0.3, 0.4) is 0 Å². The molecule has 0 heterocycles. The first-order valence-corrected chi connectivity index (χ1v) is 29.8. The molecule has 0 aromatic carbocycles. The Bertz CT molecular complexity index is 740. The van der Waals surface area contributed by atoms with Crippen LogP contribution in [0.2, 0.25) is 0 Å². The SMILES string of the molecule is CCCCCCCCP(CCCOC)C(CCCOC)(CCCOC)C(CCCCCC)CCCOC.CCCCCCCCPCCCCCCCC.[O]=[Ti]([OH])[OH]. The van der Waals surface area contributed by atoms with Crippen molar-refractivity contribution in [2.24, 2.45) is 5.92 Å². The fraction of sp³-hybridized carbons (Fsp3) is 1.00. The van der Waals surface area contributed by atoms with Crippen molar-refractivity contribution in [2.45, 2.75) is 225 Å². The molecule has 0 spiro atoms. The molecule has 352 valence electrons. The van der Waals surface area contributed by atoms with E-state index in [-0.39, 0.29) is 7.92 Å². The molecule has 58 heavy (non-hydrogen) atoms. The molecule has 0 saturated heterocycles. The Kier molecular flexibility index (Phi) is 59.3. The Labute approximate surface area is 373 Å². The molecule has 0 rings (SSSR count). The molecule has 10 heteroatoms. The van der Waals surface area contributed by atoms with E-state index in [2.05, 4.69) is 27.7 Å². The molecule has 0 aromatic rings. The van der Waals surface area contributed by atoms with Crippen LogP contribution in [0, 0.1) is 5.92 Å². The number of hydrogen-bond donors (Lipinski definition) is 2. The van der Waals surface area contributed by atoms with Gasteiger partial charge in [-0.25, -0.2) is 0 Å². The van der Waals surface area contributed by atoms with E-state index in [1.165, 1.54) is 226 Å². The quantitative estimate of drug-likeness (QED) is 0.0357. The van der Waals surface area contributed by atoms with Gasteiger partial charge in [0.05, 0.1) is 0 Å². The van der Waals surface area contributed by atoms with Gasteiger partial charge in [0.2, 0.25) is 0 Å². The van der Waals surface area contributed by atoms with Crippen molar-refractivity contribution in [3.63, 3.8) is 0 Å². The summed E-state index contributed by atoms with van der Waals surface area (Å²) in [6, 6.07) is 0. The number of unbranched alkanes of at least 4 members (excludes halogenated alkanes) is 18. The van der Waals surface area contributed by atoms with Gasteiger partial charge in [-0.15, -0.1) is 8.58 Å². The molecule has 0 saturated carbocycles. The van der Waals surface area contributed by atoms with Gasteiger partial charge in [-0.2, -0.15) is 0 Å².